The summed E-state index contributed by atoms with van der Waals surface area (Å²) in [6.45, 7) is 2.59. The first-order valence-corrected chi connectivity index (χ1v) is 11.7. The third kappa shape index (κ3) is 5.40. The molecule has 2 aliphatic rings. The van der Waals surface area contributed by atoms with Crippen LogP contribution in [0.5, 0.6) is 5.75 Å². The zero-order chi connectivity index (χ0) is 21.6. The zero-order valence-electron chi connectivity index (χ0n) is 17.8. The lowest BCUT2D eigenvalue weighted by atomic mass is 10.0. The number of nitrogens with one attached hydrogen (secondary N) is 2. The number of hydrogen-bond acceptors (Lipinski definition) is 5. The molecule has 0 aromatic heterocycles. The predicted octanol–water partition coefficient (Wildman–Crippen LogP) is 3.84. The van der Waals surface area contributed by atoms with Gasteiger partial charge in [-0.15, -0.1) is 11.8 Å². The molecule has 2 aliphatic heterocycles. The summed E-state index contributed by atoms with van der Waals surface area (Å²) in [7, 11) is 1.66. The number of hydrogen-bond donors (Lipinski definition) is 2. The number of fused-ring (bicyclic) bond motifs is 1. The molecule has 0 unspecified atom stereocenters. The Morgan fingerprint density at radius 1 is 1.16 bits per heavy atom. The Balaban J connectivity index is 1.39. The van der Waals surface area contributed by atoms with E-state index in [0.29, 0.717) is 6.54 Å². The van der Waals surface area contributed by atoms with Crippen LogP contribution in [0.15, 0.2) is 53.4 Å². The number of carbonyl (C=O) groups excluding carboxylic acids is 2. The molecule has 0 saturated carbocycles. The molecule has 4 rings (SSSR count). The lowest BCUT2D eigenvalue weighted by molar-refractivity contribution is -0.124. The largest absolute Gasteiger partial charge is 0.497 e. The van der Waals surface area contributed by atoms with Gasteiger partial charge in [-0.3, -0.25) is 14.5 Å². The van der Waals surface area contributed by atoms with Crippen LogP contribution >= 0.6 is 11.8 Å². The van der Waals surface area contributed by atoms with Gasteiger partial charge in [0, 0.05) is 17.9 Å². The summed E-state index contributed by atoms with van der Waals surface area (Å²) in [5.74, 6) is 0.620. The summed E-state index contributed by atoms with van der Waals surface area (Å²) in [6, 6.07) is 15.9. The first-order chi connectivity index (χ1) is 15.1. The molecular formula is C24H29N3O3S. The molecule has 1 saturated heterocycles. The molecule has 0 bridgehead atoms. The number of anilines is 1. The Hall–Kier alpha value is -2.51. The second-order valence-electron chi connectivity index (χ2n) is 7.99. The molecule has 2 aromatic rings. The molecule has 6 nitrogen and oxygen atoms in total. The number of benzene rings is 2. The fraction of sp³-hybridized carbons (Fsp3) is 0.417. The second-order valence-corrected chi connectivity index (χ2v) is 9.23. The van der Waals surface area contributed by atoms with E-state index >= 15 is 0 Å². The number of amides is 2. The molecule has 2 N–H and O–H groups in total. The van der Waals surface area contributed by atoms with Gasteiger partial charge >= 0.3 is 0 Å². The van der Waals surface area contributed by atoms with E-state index < -0.39 is 5.25 Å². The monoisotopic (exact) mass is 439 g/mol. The minimum atomic E-state index is -0.413. The zero-order valence-corrected chi connectivity index (χ0v) is 18.6. The van der Waals surface area contributed by atoms with Crippen molar-refractivity contribution in [1.82, 2.24) is 10.2 Å². The Morgan fingerprint density at radius 2 is 1.90 bits per heavy atom. The molecule has 0 radical (unpaired) electrons. The van der Waals surface area contributed by atoms with Crippen molar-refractivity contribution in [3.63, 3.8) is 0 Å². The highest BCUT2D eigenvalue weighted by Gasteiger charge is 2.29. The summed E-state index contributed by atoms with van der Waals surface area (Å²) >= 11 is 1.46. The first-order valence-electron chi connectivity index (χ1n) is 10.9. The van der Waals surface area contributed by atoms with Gasteiger partial charge in [-0.05, 0) is 55.8 Å². The van der Waals surface area contributed by atoms with Crippen molar-refractivity contribution in [1.29, 1.82) is 0 Å². The maximum absolute atomic E-state index is 12.7. The van der Waals surface area contributed by atoms with Crippen LogP contribution in [0.25, 0.3) is 0 Å². The number of carbonyl (C=O) groups is 2. The van der Waals surface area contributed by atoms with E-state index in [-0.39, 0.29) is 24.3 Å². The van der Waals surface area contributed by atoms with Crippen molar-refractivity contribution >= 4 is 29.3 Å². The van der Waals surface area contributed by atoms with Crippen molar-refractivity contribution in [2.75, 3.05) is 32.1 Å². The van der Waals surface area contributed by atoms with Crippen LogP contribution in [0.3, 0.4) is 0 Å². The average molecular weight is 440 g/mol. The van der Waals surface area contributed by atoms with Crippen LogP contribution in [-0.2, 0) is 9.59 Å². The van der Waals surface area contributed by atoms with Gasteiger partial charge in [0.05, 0.1) is 24.1 Å². The molecule has 31 heavy (non-hydrogen) atoms. The number of ether oxygens (including phenoxy) is 1. The van der Waals surface area contributed by atoms with Gasteiger partial charge in [0.15, 0.2) is 0 Å². The quantitative estimate of drug-likeness (QED) is 0.686. The molecule has 2 heterocycles. The highest BCUT2D eigenvalue weighted by atomic mass is 32.2. The van der Waals surface area contributed by atoms with Gasteiger partial charge in [-0.1, -0.05) is 30.7 Å². The maximum Gasteiger partial charge on any atom is 0.238 e. The lowest BCUT2D eigenvalue weighted by Crippen LogP contribution is -2.42. The maximum atomic E-state index is 12.7. The van der Waals surface area contributed by atoms with Crippen molar-refractivity contribution in [3.05, 3.63) is 54.1 Å². The summed E-state index contributed by atoms with van der Waals surface area (Å²) in [5, 5.41) is 5.59. The van der Waals surface area contributed by atoms with E-state index in [9.17, 15) is 9.59 Å². The van der Waals surface area contributed by atoms with Gasteiger partial charge in [-0.2, -0.15) is 0 Å². The average Bonchev–Trinajstić information content (AvgIpc) is 2.81. The van der Waals surface area contributed by atoms with Crippen LogP contribution < -0.4 is 15.4 Å². The minimum Gasteiger partial charge on any atom is -0.497 e. The number of piperidine rings is 1. The normalized spacial score (nSPS) is 19.8. The van der Waals surface area contributed by atoms with Crippen molar-refractivity contribution in [3.8, 4) is 5.75 Å². The molecule has 164 valence electrons. The van der Waals surface area contributed by atoms with Crippen molar-refractivity contribution in [2.24, 2.45) is 0 Å². The number of nitrogens with zero attached hydrogens (tertiary/aromatic N) is 1. The van der Waals surface area contributed by atoms with Gasteiger partial charge < -0.3 is 15.4 Å². The third-order valence-corrected chi connectivity index (χ3v) is 7.18. The Bertz CT molecular complexity index is 913. The van der Waals surface area contributed by atoms with Crippen molar-refractivity contribution in [2.45, 2.75) is 41.9 Å². The number of methoxy groups -OCH3 is 1. The molecule has 2 aromatic carbocycles. The van der Waals surface area contributed by atoms with E-state index in [0.717, 1.165) is 29.4 Å². The summed E-state index contributed by atoms with van der Waals surface area (Å²) in [6.07, 6.45) is 3.78. The van der Waals surface area contributed by atoms with E-state index in [4.69, 9.17) is 4.74 Å². The van der Waals surface area contributed by atoms with Crippen LogP contribution in [0.4, 0.5) is 5.69 Å². The van der Waals surface area contributed by atoms with Gasteiger partial charge in [0.25, 0.3) is 0 Å². The van der Waals surface area contributed by atoms with Crippen LogP contribution in [0.1, 0.15) is 37.3 Å². The van der Waals surface area contributed by atoms with Gasteiger partial charge in [0.2, 0.25) is 11.8 Å². The highest BCUT2D eigenvalue weighted by molar-refractivity contribution is 8.01. The number of thioether (sulfide) groups is 1. The molecule has 2 atom stereocenters. The molecule has 0 aliphatic carbocycles. The standard InChI is InChI=1S/C24H29N3O3S/c1-30-18-11-9-17(10-12-18)20(27-13-5-2-6-14-27)16-25-23(28)15-22-24(29)26-19-7-3-4-8-21(19)31-22/h3-4,7-12,20,22H,2,5-6,13-16H2,1H3,(H,25,28)(H,26,29)/t20-,22+/m0/s1. The molecule has 1 fully saturated rings. The van der Waals surface area contributed by atoms with Crippen LogP contribution in [0.2, 0.25) is 0 Å². The Kier molecular flexibility index (Phi) is 7.14. The van der Waals surface area contributed by atoms with Crippen molar-refractivity contribution < 1.29 is 14.3 Å². The predicted molar refractivity (Wildman–Crippen MR) is 124 cm³/mol. The molecule has 0 spiro atoms. The molecule has 2 amide bonds. The van der Waals surface area contributed by atoms with Gasteiger partial charge in [-0.25, -0.2) is 0 Å². The SMILES string of the molecule is COc1ccc([C@H](CNC(=O)C[C@H]2Sc3ccccc3NC2=O)N2CCCCC2)cc1. The number of rotatable bonds is 7. The number of likely N-dealkylation sites (tertiary alicyclic amines) is 1. The first kappa shape index (κ1) is 21.7. The van der Waals surface area contributed by atoms with E-state index in [1.165, 1.54) is 36.6 Å². The third-order valence-electron chi connectivity index (χ3n) is 5.90. The number of para-hydroxylation sites is 1. The summed E-state index contributed by atoms with van der Waals surface area (Å²) in [4.78, 5) is 28.6. The summed E-state index contributed by atoms with van der Waals surface area (Å²) in [5.41, 5.74) is 1.99. The fourth-order valence-corrected chi connectivity index (χ4v) is 5.30. The topological polar surface area (TPSA) is 70.7 Å². The second kappa shape index (κ2) is 10.2. The Labute approximate surface area is 187 Å². The van der Waals surface area contributed by atoms with E-state index in [2.05, 4.69) is 27.7 Å². The Morgan fingerprint density at radius 3 is 2.65 bits per heavy atom. The highest BCUT2D eigenvalue weighted by Crippen LogP contribution is 2.36. The molecule has 7 heteroatoms. The van der Waals surface area contributed by atoms with Crippen LogP contribution in [-0.4, -0.2) is 48.7 Å². The lowest BCUT2D eigenvalue weighted by Gasteiger charge is -2.35. The summed E-state index contributed by atoms with van der Waals surface area (Å²) < 4.78 is 5.29. The van der Waals surface area contributed by atoms with Gasteiger partial charge in [0.1, 0.15) is 5.75 Å². The molecular weight excluding hydrogens is 410 g/mol. The minimum absolute atomic E-state index is 0.0949. The van der Waals surface area contributed by atoms with E-state index in [1.807, 2.05) is 36.4 Å². The van der Waals surface area contributed by atoms with Crippen LogP contribution in [0, 0.1) is 0 Å². The van der Waals surface area contributed by atoms with E-state index in [1.54, 1.807) is 7.11 Å². The fourth-order valence-electron chi connectivity index (χ4n) is 4.19. The smallest absolute Gasteiger partial charge is 0.238 e.